The van der Waals surface area contributed by atoms with Crippen LogP contribution in [0.5, 0.6) is 0 Å². The number of rotatable bonds is 6. The van der Waals surface area contributed by atoms with Crippen molar-refractivity contribution in [3.8, 4) is 0 Å². The van der Waals surface area contributed by atoms with Crippen LogP contribution in [-0.2, 0) is 0 Å². The Morgan fingerprint density at radius 2 is 2.06 bits per heavy atom. The normalized spacial score (nSPS) is 9.61. The van der Waals surface area contributed by atoms with Gasteiger partial charge in [0.15, 0.2) is 0 Å². The quantitative estimate of drug-likeness (QED) is 0.530. The van der Waals surface area contributed by atoms with Crippen molar-refractivity contribution in [2.24, 2.45) is 5.73 Å². The van der Waals surface area contributed by atoms with Crippen molar-refractivity contribution in [3.63, 3.8) is 0 Å². The van der Waals surface area contributed by atoms with Crippen LogP contribution in [0.4, 0.5) is 10.5 Å². The van der Waals surface area contributed by atoms with Crippen LogP contribution >= 0.6 is 0 Å². The first-order valence-electron chi connectivity index (χ1n) is 5.64. The Kier molecular flexibility index (Phi) is 5.43. The summed E-state index contributed by atoms with van der Waals surface area (Å²) < 4.78 is 0. The monoisotopic (exact) mass is 251 g/mol. The molecule has 0 fully saturated rings. The van der Waals surface area contributed by atoms with E-state index in [-0.39, 0.29) is 12.5 Å². The summed E-state index contributed by atoms with van der Waals surface area (Å²) in [6, 6.07) is 1.12. The molecule has 1 rings (SSSR count). The van der Waals surface area contributed by atoms with Gasteiger partial charge in [-0.3, -0.25) is 9.78 Å². The van der Waals surface area contributed by atoms with Crippen LogP contribution in [0.15, 0.2) is 18.5 Å². The smallest absolute Gasteiger partial charge is 0.312 e. The molecule has 1 heterocycles. The van der Waals surface area contributed by atoms with Gasteiger partial charge in [-0.25, -0.2) is 4.79 Å². The Morgan fingerprint density at radius 1 is 1.33 bits per heavy atom. The minimum atomic E-state index is -0.612. The number of amides is 3. The Labute approximate surface area is 105 Å². The summed E-state index contributed by atoms with van der Waals surface area (Å²) in [5.74, 6) is -0.245. The average molecular weight is 251 g/mol. The molecule has 0 aromatic carbocycles. The minimum Gasteiger partial charge on any atom is -0.385 e. The lowest BCUT2D eigenvalue weighted by Crippen LogP contribution is -2.37. The molecule has 1 aromatic heterocycles. The molecule has 1 aromatic rings. The molecule has 0 spiro atoms. The van der Waals surface area contributed by atoms with E-state index in [0.717, 1.165) is 5.69 Å². The molecule has 0 unspecified atom stereocenters. The predicted molar refractivity (Wildman–Crippen MR) is 68.3 cm³/mol. The lowest BCUT2D eigenvalue weighted by Gasteiger charge is -2.10. The molecule has 0 saturated heterocycles. The summed E-state index contributed by atoms with van der Waals surface area (Å²) in [7, 11) is 0. The van der Waals surface area contributed by atoms with Crippen LogP contribution in [0.1, 0.15) is 17.3 Å². The van der Waals surface area contributed by atoms with E-state index in [2.05, 4.69) is 20.9 Å². The molecule has 0 aliphatic heterocycles. The number of primary amides is 1. The zero-order valence-corrected chi connectivity index (χ0v) is 10.2. The zero-order valence-electron chi connectivity index (χ0n) is 10.2. The van der Waals surface area contributed by atoms with Gasteiger partial charge in [-0.1, -0.05) is 0 Å². The zero-order chi connectivity index (χ0) is 13.4. The number of nitrogens with zero attached hydrogens (tertiary/aromatic N) is 1. The van der Waals surface area contributed by atoms with Crippen LogP contribution in [0.25, 0.3) is 0 Å². The summed E-state index contributed by atoms with van der Waals surface area (Å²) in [6.07, 6.45) is 3.11. The van der Waals surface area contributed by atoms with Crippen molar-refractivity contribution in [3.05, 3.63) is 24.0 Å². The molecular weight excluding hydrogens is 234 g/mol. The van der Waals surface area contributed by atoms with Crippen LogP contribution in [-0.4, -0.2) is 36.6 Å². The molecule has 18 heavy (non-hydrogen) atoms. The van der Waals surface area contributed by atoms with Gasteiger partial charge in [-0.05, 0) is 13.0 Å². The van der Waals surface area contributed by atoms with E-state index in [1.165, 1.54) is 6.20 Å². The predicted octanol–water partition coefficient (Wildman–Crippen LogP) is -0.0885. The van der Waals surface area contributed by atoms with Gasteiger partial charge in [0.25, 0.3) is 5.91 Å². The average Bonchev–Trinajstić information content (AvgIpc) is 2.35. The summed E-state index contributed by atoms with van der Waals surface area (Å²) in [4.78, 5) is 26.2. The van der Waals surface area contributed by atoms with Crippen molar-refractivity contribution in [2.45, 2.75) is 6.92 Å². The second kappa shape index (κ2) is 7.10. The van der Waals surface area contributed by atoms with Gasteiger partial charge >= 0.3 is 6.03 Å². The highest BCUT2D eigenvalue weighted by atomic mass is 16.2. The Balaban J connectivity index is 2.53. The summed E-state index contributed by atoms with van der Waals surface area (Å²) in [5.41, 5.74) is 6.10. The maximum atomic E-state index is 11.8. The molecule has 7 nitrogen and oxygen atoms in total. The standard InChI is InChI=1S/C11H17N5O2/c1-2-14-9-3-4-13-7-8(9)10(17)15-5-6-16-11(12)18/h3-4,7H,2,5-6H2,1H3,(H,13,14)(H,15,17)(H3,12,16,18). The van der Waals surface area contributed by atoms with E-state index < -0.39 is 6.03 Å². The van der Waals surface area contributed by atoms with Crippen molar-refractivity contribution in [1.29, 1.82) is 0 Å². The third-order valence-corrected chi connectivity index (χ3v) is 2.14. The highest BCUT2D eigenvalue weighted by molar-refractivity contribution is 5.99. The van der Waals surface area contributed by atoms with Crippen molar-refractivity contribution >= 4 is 17.6 Å². The molecule has 0 aliphatic rings. The number of hydrogen-bond acceptors (Lipinski definition) is 4. The summed E-state index contributed by atoms with van der Waals surface area (Å²) in [6.45, 7) is 3.26. The van der Waals surface area contributed by atoms with Gasteiger partial charge in [0.05, 0.1) is 11.3 Å². The van der Waals surface area contributed by atoms with E-state index in [1.54, 1.807) is 12.3 Å². The summed E-state index contributed by atoms with van der Waals surface area (Å²) >= 11 is 0. The van der Waals surface area contributed by atoms with Crippen molar-refractivity contribution in [1.82, 2.24) is 15.6 Å². The molecule has 5 N–H and O–H groups in total. The largest absolute Gasteiger partial charge is 0.385 e. The number of hydrogen-bond donors (Lipinski definition) is 4. The topological polar surface area (TPSA) is 109 Å². The third kappa shape index (κ3) is 4.28. The van der Waals surface area contributed by atoms with Crippen LogP contribution in [0.3, 0.4) is 0 Å². The van der Waals surface area contributed by atoms with E-state index in [0.29, 0.717) is 18.7 Å². The molecular formula is C11H17N5O2. The highest BCUT2D eigenvalue weighted by Crippen LogP contribution is 2.12. The van der Waals surface area contributed by atoms with Gasteiger partial charge in [0.2, 0.25) is 0 Å². The fourth-order valence-corrected chi connectivity index (χ4v) is 1.38. The number of carbonyl (C=O) groups excluding carboxylic acids is 2. The van der Waals surface area contributed by atoms with Gasteiger partial charge in [0.1, 0.15) is 0 Å². The Hall–Kier alpha value is -2.31. The first kappa shape index (κ1) is 13.8. The number of urea groups is 1. The number of anilines is 1. The van der Waals surface area contributed by atoms with E-state index >= 15 is 0 Å². The number of nitrogens with one attached hydrogen (secondary N) is 3. The lowest BCUT2D eigenvalue weighted by atomic mass is 10.2. The number of aromatic nitrogens is 1. The maximum absolute atomic E-state index is 11.8. The Bertz CT molecular complexity index is 422. The van der Waals surface area contributed by atoms with Gasteiger partial charge in [-0.15, -0.1) is 0 Å². The number of pyridine rings is 1. The van der Waals surface area contributed by atoms with Crippen molar-refractivity contribution in [2.75, 3.05) is 25.0 Å². The third-order valence-electron chi connectivity index (χ3n) is 2.14. The van der Waals surface area contributed by atoms with Crippen LogP contribution < -0.4 is 21.7 Å². The molecule has 0 bridgehead atoms. The van der Waals surface area contributed by atoms with Gasteiger partial charge < -0.3 is 21.7 Å². The second-order valence-corrected chi connectivity index (χ2v) is 3.50. The molecule has 98 valence electrons. The van der Waals surface area contributed by atoms with Crippen LogP contribution in [0, 0.1) is 0 Å². The summed E-state index contributed by atoms with van der Waals surface area (Å²) in [5, 5.41) is 8.12. The van der Waals surface area contributed by atoms with Crippen LogP contribution in [0.2, 0.25) is 0 Å². The van der Waals surface area contributed by atoms with E-state index in [9.17, 15) is 9.59 Å². The molecule has 0 atom stereocenters. The van der Waals surface area contributed by atoms with Gasteiger partial charge in [0, 0.05) is 32.0 Å². The second-order valence-electron chi connectivity index (χ2n) is 3.50. The number of nitrogens with two attached hydrogens (primary N) is 1. The molecule has 3 amide bonds. The Morgan fingerprint density at radius 3 is 2.72 bits per heavy atom. The van der Waals surface area contributed by atoms with E-state index in [1.807, 2.05) is 6.92 Å². The minimum absolute atomic E-state index is 0.245. The SMILES string of the molecule is CCNc1ccncc1C(=O)NCCNC(N)=O. The van der Waals surface area contributed by atoms with E-state index in [4.69, 9.17) is 5.73 Å². The fourth-order valence-electron chi connectivity index (χ4n) is 1.38. The highest BCUT2D eigenvalue weighted by Gasteiger charge is 2.10. The first-order valence-corrected chi connectivity index (χ1v) is 5.64. The fraction of sp³-hybridized carbons (Fsp3) is 0.364. The van der Waals surface area contributed by atoms with Crippen molar-refractivity contribution < 1.29 is 9.59 Å². The molecule has 7 heteroatoms. The molecule has 0 aliphatic carbocycles. The first-order chi connectivity index (χ1) is 8.65. The molecule has 0 radical (unpaired) electrons. The van der Waals surface area contributed by atoms with Gasteiger partial charge in [-0.2, -0.15) is 0 Å². The lowest BCUT2D eigenvalue weighted by molar-refractivity contribution is 0.0954. The molecule has 0 saturated carbocycles. The maximum Gasteiger partial charge on any atom is 0.312 e. The number of carbonyl (C=O) groups is 2.